The van der Waals surface area contributed by atoms with Crippen molar-refractivity contribution >= 4 is 17.4 Å². The van der Waals surface area contributed by atoms with E-state index in [-0.39, 0.29) is 5.91 Å². The van der Waals surface area contributed by atoms with Crippen molar-refractivity contribution in [2.45, 2.75) is 45.3 Å². The molecule has 1 aromatic carbocycles. The van der Waals surface area contributed by atoms with Gasteiger partial charge in [-0.05, 0) is 36.1 Å². The van der Waals surface area contributed by atoms with E-state index >= 15 is 0 Å². The zero-order valence-corrected chi connectivity index (χ0v) is 17.4. The number of rotatable bonds is 4. The Kier molecular flexibility index (Phi) is 5.56. The molecule has 2 aromatic rings. The van der Waals surface area contributed by atoms with Crippen molar-refractivity contribution in [2.75, 3.05) is 31.6 Å². The second kappa shape index (κ2) is 8.13. The van der Waals surface area contributed by atoms with Gasteiger partial charge in [0.1, 0.15) is 5.82 Å². The minimum atomic E-state index is -0.468. The summed E-state index contributed by atoms with van der Waals surface area (Å²) in [5.41, 5.74) is 4.13. The number of amides is 1. The molecular weight excluding hydrogens is 366 g/mol. The van der Waals surface area contributed by atoms with Gasteiger partial charge in [-0.3, -0.25) is 4.79 Å². The summed E-state index contributed by atoms with van der Waals surface area (Å²) in [6.07, 6.45) is 3.10. The topological polar surface area (TPSA) is 63.7 Å². The van der Waals surface area contributed by atoms with E-state index in [0.29, 0.717) is 37.8 Å². The number of piperidine rings is 1. The second-order valence-corrected chi connectivity index (χ2v) is 8.15. The fourth-order valence-electron chi connectivity index (χ4n) is 4.08. The summed E-state index contributed by atoms with van der Waals surface area (Å²) in [6, 6.07) is 10.0. The van der Waals surface area contributed by atoms with Gasteiger partial charge in [-0.25, -0.2) is 4.98 Å². The van der Waals surface area contributed by atoms with Crippen molar-refractivity contribution in [3.05, 3.63) is 53.2 Å². The van der Waals surface area contributed by atoms with Crippen LogP contribution in [0.2, 0.25) is 0 Å². The van der Waals surface area contributed by atoms with Crippen molar-refractivity contribution in [3.63, 3.8) is 0 Å². The van der Waals surface area contributed by atoms with Crippen LogP contribution in [0.3, 0.4) is 0 Å². The lowest BCUT2D eigenvalue weighted by atomic mass is 9.98. The first kappa shape index (κ1) is 19.9. The van der Waals surface area contributed by atoms with E-state index in [2.05, 4.69) is 49.3 Å². The Balaban J connectivity index is 1.43. The second-order valence-electron chi connectivity index (χ2n) is 8.15. The van der Waals surface area contributed by atoms with Crippen LogP contribution in [0.4, 0.5) is 11.5 Å². The number of carbonyl (C=O) groups is 1. The number of nitrogens with zero attached hydrogens (tertiary/aromatic N) is 2. The number of benzene rings is 1. The molecule has 0 atom stereocenters. The predicted molar refractivity (Wildman–Crippen MR) is 113 cm³/mol. The summed E-state index contributed by atoms with van der Waals surface area (Å²) in [5.74, 6) is 0.692. The van der Waals surface area contributed by atoms with Gasteiger partial charge in [0.15, 0.2) is 5.79 Å². The van der Waals surface area contributed by atoms with Crippen LogP contribution in [0.15, 0.2) is 36.5 Å². The Hall–Kier alpha value is -2.44. The number of anilines is 2. The lowest BCUT2D eigenvalue weighted by Gasteiger charge is -2.37. The Bertz CT molecular complexity index is 863. The summed E-state index contributed by atoms with van der Waals surface area (Å²) in [7, 11) is 0. The number of hydrogen-bond donors (Lipinski definition) is 1. The van der Waals surface area contributed by atoms with E-state index in [1.54, 1.807) is 6.20 Å². The fourth-order valence-corrected chi connectivity index (χ4v) is 4.08. The highest BCUT2D eigenvalue weighted by molar-refractivity contribution is 5.94. The van der Waals surface area contributed by atoms with E-state index in [1.165, 1.54) is 11.1 Å². The number of pyridine rings is 1. The van der Waals surface area contributed by atoms with Gasteiger partial charge >= 0.3 is 0 Å². The van der Waals surface area contributed by atoms with Crippen molar-refractivity contribution in [3.8, 4) is 0 Å². The van der Waals surface area contributed by atoms with Gasteiger partial charge in [0.05, 0.1) is 18.8 Å². The molecule has 0 saturated carbocycles. The van der Waals surface area contributed by atoms with E-state index in [4.69, 9.17) is 9.47 Å². The van der Waals surface area contributed by atoms with Crippen molar-refractivity contribution < 1.29 is 14.3 Å². The lowest BCUT2D eigenvalue weighted by molar-refractivity contribution is -0.181. The first-order valence-corrected chi connectivity index (χ1v) is 10.4. The van der Waals surface area contributed by atoms with Gasteiger partial charge in [-0.2, -0.15) is 0 Å². The molecule has 1 aromatic heterocycles. The van der Waals surface area contributed by atoms with Crippen LogP contribution in [0.25, 0.3) is 0 Å². The molecule has 0 bridgehead atoms. The van der Waals surface area contributed by atoms with Crippen molar-refractivity contribution in [2.24, 2.45) is 0 Å². The number of ether oxygens (including phenoxy) is 2. The number of aromatic nitrogens is 1. The summed E-state index contributed by atoms with van der Waals surface area (Å²) < 4.78 is 11.5. The number of para-hydroxylation sites is 1. The molecule has 1 N–H and O–H groups in total. The van der Waals surface area contributed by atoms with E-state index in [1.807, 2.05) is 17.0 Å². The average Bonchev–Trinajstić information content (AvgIpc) is 3.18. The van der Waals surface area contributed by atoms with Crippen LogP contribution >= 0.6 is 0 Å². The van der Waals surface area contributed by atoms with Crippen LogP contribution in [0.1, 0.15) is 54.1 Å². The summed E-state index contributed by atoms with van der Waals surface area (Å²) in [5, 5.41) is 3.43. The first-order chi connectivity index (χ1) is 14.0. The molecule has 3 heterocycles. The third-order valence-corrected chi connectivity index (χ3v) is 5.82. The number of aryl methyl sites for hydroxylation is 1. The summed E-state index contributed by atoms with van der Waals surface area (Å²) in [6.45, 7) is 9.02. The van der Waals surface area contributed by atoms with Crippen LogP contribution < -0.4 is 5.32 Å². The largest absolute Gasteiger partial charge is 0.347 e. The van der Waals surface area contributed by atoms with Crippen LogP contribution in [-0.4, -0.2) is 47.9 Å². The normalized spacial score (nSPS) is 18.4. The molecule has 2 aliphatic heterocycles. The fraction of sp³-hybridized carbons (Fsp3) is 0.478. The van der Waals surface area contributed by atoms with Gasteiger partial charge in [0.25, 0.3) is 5.91 Å². The number of nitrogens with one attached hydrogen (secondary N) is 1. The molecule has 0 radical (unpaired) electrons. The van der Waals surface area contributed by atoms with E-state index in [9.17, 15) is 4.79 Å². The molecule has 0 aliphatic carbocycles. The molecule has 4 rings (SSSR count). The SMILES string of the molecule is Cc1cccc(C(C)C)c1Nc1ccc(C(=O)N2CCC3(CC2)OCCO3)cn1. The molecule has 1 spiro atoms. The summed E-state index contributed by atoms with van der Waals surface area (Å²) in [4.78, 5) is 19.2. The average molecular weight is 396 g/mol. The van der Waals surface area contributed by atoms with Crippen LogP contribution in [0.5, 0.6) is 0 Å². The molecule has 29 heavy (non-hydrogen) atoms. The molecule has 1 amide bonds. The van der Waals surface area contributed by atoms with Gasteiger partial charge < -0.3 is 19.7 Å². The van der Waals surface area contributed by atoms with Crippen LogP contribution in [0, 0.1) is 6.92 Å². The van der Waals surface area contributed by atoms with Gasteiger partial charge in [-0.1, -0.05) is 32.0 Å². The van der Waals surface area contributed by atoms with Crippen LogP contribution in [-0.2, 0) is 9.47 Å². The quantitative estimate of drug-likeness (QED) is 0.839. The van der Waals surface area contributed by atoms with Crippen molar-refractivity contribution in [1.82, 2.24) is 9.88 Å². The molecule has 2 aliphatic rings. The minimum absolute atomic E-state index is 0.00987. The van der Waals surface area contributed by atoms with Gasteiger partial charge in [0, 0.05) is 37.8 Å². The minimum Gasteiger partial charge on any atom is -0.347 e. The molecule has 6 nitrogen and oxygen atoms in total. The maximum atomic E-state index is 12.9. The monoisotopic (exact) mass is 395 g/mol. The van der Waals surface area contributed by atoms with E-state index in [0.717, 1.165) is 24.3 Å². The summed E-state index contributed by atoms with van der Waals surface area (Å²) >= 11 is 0. The molecule has 2 saturated heterocycles. The smallest absolute Gasteiger partial charge is 0.255 e. The van der Waals surface area contributed by atoms with Gasteiger partial charge in [0.2, 0.25) is 0 Å². The first-order valence-electron chi connectivity index (χ1n) is 10.4. The zero-order valence-electron chi connectivity index (χ0n) is 17.4. The highest BCUT2D eigenvalue weighted by Gasteiger charge is 2.40. The van der Waals surface area contributed by atoms with Crippen molar-refractivity contribution in [1.29, 1.82) is 0 Å². The Morgan fingerprint density at radius 3 is 2.48 bits per heavy atom. The molecule has 6 heteroatoms. The molecule has 0 unspecified atom stereocenters. The van der Waals surface area contributed by atoms with Gasteiger partial charge in [-0.15, -0.1) is 0 Å². The third-order valence-electron chi connectivity index (χ3n) is 5.82. The standard InChI is InChI=1S/C23H29N3O3/c1-16(2)19-6-4-5-17(3)21(19)25-20-8-7-18(15-24-20)22(27)26-11-9-23(10-12-26)28-13-14-29-23/h4-8,15-16H,9-14H2,1-3H3,(H,24,25). The lowest BCUT2D eigenvalue weighted by Crippen LogP contribution is -2.47. The maximum Gasteiger partial charge on any atom is 0.255 e. The Morgan fingerprint density at radius 1 is 1.14 bits per heavy atom. The molecular formula is C23H29N3O3. The third kappa shape index (κ3) is 4.14. The number of carbonyl (C=O) groups excluding carboxylic acids is 1. The number of hydrogen-bond acceptors (Lipinski definition) is 5. The predicted octanol–water partition coefficient (Wildman–Crippen LogP) is 4.24. The zero-order chi connectivity index (χ0) is 20.4. The Morgan fingerprint density at radius 2 is 1.86 bits per heavy atom. The highest BCUT2D eigenvalue weighted by atomic mass is 16.7. The molecule has 2 fully saturated rings. The number of likely N-dealkylation sites (tertiary alicyclic amines) is 1. The molecule has 154 valence electrons. The maximum absolute atomic E-state index is 12.9. The van der Waals surface area contributed by atoms with E-state index < -0.39 is 5.79 Å². The highest BCUT2D eigenvalue weighted by Crippen LogP contribution is 2.32. The Labute approximate surface area is 172 Å².